The van der Waals surface area contributed by atoms with Crippen LogP contribution >= 0.6 is 0 Å². The first kappa shape index (κ1) is 23.9. The molecule has 3 fully saturated rings. The number of halogens is 4. The van der Waals surface area contributed by atoms with E-state index >= 15 is 0 Å². The van der Waals surface area contributed by atoms with Gasteiger partial charge in [0.1, 0.15) is 5.82 Å². The third-order valence-electron chi connectivity index (χ3n) is 5.79. The summed E-state index contributed by atoms with van der Waals surface area (Å²) in [6, 6.07) is 5.05. The maximum absolute atomic E-state index is 13.1. The minimum Gasteiger partial charge on any atom is -0.475 e. The second-order valence-corrected chi connectivity index (χ2v) is 9.82. The van der Waals surface area contributed by atoms with Gasteiger partial charge >= 0.3 is 12.1 Å². The van der Waals surface area contributed by atoms with Crippen LogP contribution in [0.1, 0.15) is 12.8 Å². The lowest BCUT2D eigenvalue weighted by Gasteiger charge is -2.23. The third kappa shape index (κ3) is 5.73. The van der Waals surface area contributed by atoms with Gasteiger partial charge in [0, 0.05) is 31.5 Å². The average Bonchev–Trinajstić information content (AvgIpc) is 3.41. The van der Waals surface area contributed by atoms with E-state index in [2.05, 4.69) is 4.90 Å². The predicted octanol–water partition coefficient (Wildman–Crippen LogP) is 2.19. The number of likely N-dealkylation sites (tertiary alicyclic amines) is 1. The first-order chi connectivity index (χ1) is 14.5. The zero-order chi connectivity index (χ0) is 22.8. The summed E-state index contributed by atoms with van der Waals surface area (Å²) in [6.45, 7) is 4.93. The van der Waals surface area contributed by atoms with Crippen molar-refractivity contribution in [2.24, 2.45) is 11.8 Å². The number of carbonyl (C=O) groups is 1. The van der Waals surface area contributed by atoms with E-state index in [1.54, 1.807) is 0 Å². The summed E-state index contributed by atoms with van der Waals surface area (Å²) in [7, 11) is -3.58. The maximum Gasteiger partial charge on any atom is 0.490 e. The number of aliphatic carboxylic acids is 1. The molecule has 3 atom stereocenters. The van der Waals surface area contributed by atoms with Crippen molar-refractivity contribution < 1.29 is 40.6 Å². The van der Waals surface area contributed by atoms with E-state index in [9.17, 15) is 26.0 Å². The van der Waals surface area contributed by atoms with E-state index in [-0.39, 0.29) is 16.9 Å². The van der Waals surface area contributed by atoms with Gasteiger partial charge in [0.15, 0.2) is 0 Å². The fourth-order valence-electron chi connectivity index (χ4n) is 4.20. The summed E-state index contributed by atoms with van der Waals surface area (Å²) in [6.07, 6.45) is -2.58. The Morgan fingerprint density at radius 2 is 1.71 bits per heavy atom. The molecule has 7 nitrogen and oxygen atoms in total. The van der Waals surface area contributed by atoms with E-state index in [0.717, 1.165) is 26.2 Å². The van der Waals surface area contributed by atoms with Crippen LogP contribution in [0.4, 0.5) is 17.6 Å². The molecule has 0 bridgehead atoms. The summed E-state index contributed by atoms with van der Waals surface area (Å²) < 4.78 is 77.7. The van der Waals surface area contributed by atoms with Crippen molar-refractivity contribution in [2.75, 3.05) is 39.3 Å². The number of carboxylic acids is 1. The molecule has 0 amide bonds. The standard InChI is InChI=1S/C17H23FN2O3S.C2HF3O2/c18-14-3-5-15(6-4-14)24(21,22)20-10-16-13(12-23-17(16)11-20)9-19-7-1-2-8-19;3-2(4,5)1(6)7/h3-6,13,16-17H,1-2,7-12H2;(H,6,7)/t13-,16-,17-;/m1./s1. The van der Waals surface area contributed by atoms with Crippen LogP contribution < -0.4 is 0 Å². The Labute approximate surface area is 177 Å². The summed E-state index contributed by atoms with van der Waals surface area (Å²) in [5.74, 6) is -2.52. The number of rotatable bonds is 4. The lowest BCUT2D eigenvalue weighted by atomic mass is 9.93. The largest absolute Gasteiger partial charge is 0.490 e. The van der Waals surface area contributed by atoms with Gasteiger partial charge in [0.2, 0.25) is 10.0 Å². The first-order valence-corrected chi connectivity index (χ1v) is 11.3. The highest BCUT2D eigenvalue weighted by Gasteiger charge is 2.47. The van der Waals surface area contributed by atoms with Gasteiger partial charge in [-0.25, -0.2) is 17.6 Å². The van der Waals surface area contributed by atoms with E-state index < -0.39 is 28.0 Å². The summed E-state index contributed by atoms with van der Waals surface area (Å²) >= 11 is 0. The second kappa shape index (κ2) is 9.39. The Balaban J connectivity index is 0.000000339. The van der Waals surface area contributed by atoms with Gasteiger partial charge in [-0.05, 0) is 50.2 Å². The van der Waals surface area contributed by atoms with Crippen molar-refractivity contribution in [3.05, 3.63) is 30.1 Å². The number of nitrogens with zero attached hydrogens (tertiary/aromatic N) is 2. The van der Waals surface area contributed by atoms with Gasteiger partial charge in [-0.2, -0.15) is 17.5 Å². The number of fused-ring (bicyclic) bond motifs is 1. The number of ether oxygens (including phenoxy) is 1. The molecule has 0 aromatic heterocycles. The van der Waals surface area contributed by atoms with Gasteiger partial charge in [-0.1, -0.05) is 0 Å². The van der Waals surface area contributed by atoms with Gasteiger partial charge in [0.05, 0.1) is 17.6 Å². The fraction of sp³-hybridized carbons (Fsp3) is 0.632. The Morgan fingerprint density at radius 3 is 2.26 bits per heavy atom. The number of alkyl halides is 3. The van der Waals surface area contributed by atoms with Crippen LogP contribution in [0.2, 0.25) is 0 Å². The summed E-state index contributed by atoms with van der Waals surface area (Å²) in [5.41, 5.74) is 0. The van der Waals surface area contributed by atoms with Crippen molar-refractivity contribution >= 4 is 16.0 Å². The number of sulfonamides is 1. The average molecular weight is 468 g/mol. The SMILES string of the molecule is O=C(O)C(F)(F)F.O=S(=O)(c1ccc(F)cc1)N1C[C@@H]2[C@H](CN3CCCC3)CO[C@@H]2C1. The van der Waals surface area contributed by atoms with E-state index in [4.69, 9.17) is 14.6 Å². The van der Waals surface area contributed by atoms with Crippen molar-refractivity contribution in [3.8, 4) is 0 Å². The Bertz CT molecular complexity index is 872. The highest BCUT2D eigenvalue weighted by atomic mass is 32.2. The minimum atomic E-state index is -5.08. The molecule has 0 spiro atoms. The van der Waals surface area contributed by atoms with Crippen LogP contribution in [0, 0.1) is 17.7 Å². The highest BCUT2D eigenvalue weighted by molar-refractivity contribution is 7.89. The first-order valence-electron chi connectivity index (χ1n) is 9.88. The molecule has 0 radical (unpaired) electrons. The molecule has 3 saturated heterocycles. The predicted molar refractivity (Wildman–Crippen MR) is 101 cm³/mol. The van der Waals surface area contributed by atoms with Gasteiger partial charge in [-0.15, -0.1) is 0 Å². The van der Waals surface area contributed by atoms with Crippen LogP contribution in [-0.2, 0) is 19.6 Å². The lowest BCUT2D eigenvalue weighted by molar-refractivity contribution is -0.192. The monoisotopic (exact) mass is 468 g/mol. The summed E-state index contributed by atoms with van der Waals surface area (Å²) in [4.78, 5) is 11.5. The van der Waals surface area contributed by atoms with E-state index in [1.165, 1.54) is 41.4 Å². The molecule has 174 valence electrons. The molecular formula is C19H24F4N2O5S. The molecule has 0 unspecified atom stereocenters. The van der Waals surface area contributed by atoms with Crippen molar-refractivity contribution in [1.29, 1.82) is 0 Å². The van der Waals surface area contributed by atoms with Crippen LogP contribution in [0.5, 0.6) is 0 Å². The Morgan fingerprint density at radius 1 is 1.13 bits per heavy atom. The molecule has 1 aromatic rings. The number of hydrogen-bond acceptors (Lipinski definition) is 5. The van der Waals surface area contributed by atoms with E-state index in [0.29, 0.717) is 19.0 Å². The molecule has 0 aliphatic carbocycles. The minimum absolute atomic E-state index is 0.00664. The molecule has 1 N–H and O–H groups in total. The quantitative estimate of drug-likeness (QED) is 0.682. The summed E-state index contributed by atoms with van der Waals surface area (Å²) in [5, 5.41) is 7.12. The van der Waals surface area contributed by atoms with Crippen molar-refractivity contribution in [3.63, 3.8) is 0 Å². The molecule has 1 aromatic carbocycles. The van der Waals surface area contributed by atoms with Crippen molar-refractivity contribution in [2.45, 2.75) is 30.0 Å². The van der Waals surface area contributed by atoms with Crippen LogP contribution in [0.3, 0.4) is 0 Å². The molecule has 12 heteroatoms. The number of carboxylic acid groups (broad SMARTS) is 1. The third-order valence-corrected chi connectivity index (χ3v) is 7.64. The molecule has 31 heavy (non-hydrogen) atoms. The molecule has 3 aliphatic rings. The molecular weight excluding hydrogens is 444 g/mol. The Hall–Kier alpha value is -1.76. The van der Waals surface area contributed by atoms with Crippen LogP contribution in [0.25, 0.3) is 0 Å². The molecule has 3 heterocycles. The topological polar surface area (TPSA) is 87.1 Å². The second-order valence-electron chi connectivity index (χ2n) is 7.88. The van der Waals surface area contributed by atoms with Crippen LogP contribution in [0.15, 0.2) is 29.2 Å². The maximum atomic E-state index is 13.1. The lowest BCUT2D eigenvalue weighted by Crippen LogP contribution is -2.34. The van der Waals surface area contributed by atoms with E-state index in [1.807, 2.05) is 0 Å². The zero-order valence-electron chi connectivity index (χ0n) is 16.6. The molecule has 0 saturated carbocycles. The smallest absolute Gasteiger partial charge is 0.475 e. The number of hydrogen-bond donors (Lipinski definition) is 1. The molecule has 4 rings (SSSR count). The van der Waals surface area contributed by atoms with Gasteiger partial charge in [0.25, 0.3) is 0 Å². The Kier molecular flexibility index (Phi) is 7.24. The van der Waals surface area contributed by atoms with Gasteiger partial charge in [-0.3, -0.25) is 0 Å². The normalized spacial score (nSPS) is 27.0. The fourth-order valence-corrected chi connectivity index (χ4v) is 5.69. The van der Waals surface area contributed by atoms with Gasteiger partial charge < -0.3 is 14.7 Å². The van der Waals surface area contributed by atoms with Crippen molar-refractivity contribution in [1.82, 2.24) is 9.21 Å². The highest BCUT2D eigenvalue weighted by Crippen LogP contribution is 2.37. The number of benzene rings is 1. The zero-order valence-corrected chi connectivity index (χ0v) is 17.4. The van der Waals surface area contributed by atoms with Crippen LogP contribution in [-0.4, -0.2) is 80.3 Å². The molecule has 3 aliphatic heterocycles.